The first-order valence-electron chi connectivity index (χ1n) is 6.42. The average molecular weight is 236 g/mol. The molecule has 1 atom stereocenters. The Kier molecular flexibility index (Phi) is 4.13. The molecule has 1 aromatic rings. The van der Waals surface area contributed by atoms with Crippen LogP contribution >= 0.6 is 0 Å². The first-order chi connectivity index (χ1) is 8.20. The van der Waals surface area contributed by atoms with E-state index in [1.54, 1.807) is 12.1 Å². The van der Waals surface area contributed by atoms with Crippen LogP contribution in [0, 0.1) is 5.82 Å². The van der Waals surface area contributed by atoms with E-state index in [4.69, 9.17) is 0 Å². The molecule has 2 nitrogen and oxygen atoms in total. The maximum atomic E-state index is 13.8. The van der Waals surface area contributed by atoms with Gasteiger partial charge in [-0.15, -0.1) is 0 Å². The lowest BCUT2D eigenvalue weighted by atomic mass is 10.0. The van der Waals surface area contributed by atoms with Crippen LogP contribution in [0.3, 0.4) is 0 Å². The lowest BCUT2D eigenvalue weighted by Gasteiger charge is -2.32. The molecular formula is C14H21FN2. The average Bonchev–Trinajstić information content (AvgIpc) is 2.32. The lowest BCUT2D eigenvalue weighted by Crippen LogP contribution is -2.48. The fourth-order valence-electron chi connectivity index (χ4n) is 2.49. The molecule has 0 saturated carbocycles. The van der Waals surface area contributed by atoms with E-state index in [1.165, 1.54) is 0 Å². The number of nitrogens with one attached hydrogen (secondary N) is 1. The molecule has 1 aliphatic rings. The van der Waals surface area contributed by atoms with Crippen LogP contribution in [0.1, 0.15) is 25.0 Å². The van der Waals surface area contributed by atoms with E-state index in [2.05, 4.69) is 24.1 Å². The molecule has 0 amide bonds. The van der Waals surface area contributed by atoms with Gasteiger partial charge in [-0.2, -0.15) is 0 Å². The second-order valence-corrected chi connectivity index (χ2v) is 4.82. The van der Waals surface area contributed by atoms with E-state index in [1.807, 2.05) is 6.07 Å². The van der Waals surface area contributed by atoms with Gasteiger partial charge in [0.15, 0.2) is 0 Å². The number of piperazine rings is 1. The topological polar surface area (TPSA) is 15.3 Å². The van der Waals surface area contributed by atoms with Gasteiger partial charge in [-0.05, 0) is 25.0 Å². The zero-order chi connectivity index (χ0) is 12.3. The third-order valence-corrected chi connectivity index (χ3v) is 3.43. The minimum atomic E-state index is -0.0597. The first kappa shape index (κ1) is 12.5. The summed E-state index contributed by atoms with van der Waals surface area (Å²) in [6.07, 6.45) is 0.898. The molecule has 0 aliphatic carbocycles. The third kappa shape index (κ3) is 3.05. The van der Waals surface area contributed by atoms with E-state index in [0.29, 0.717) is 6.04 Å². The molecular weight excluding hydrogens is 215 g/mol. The highest BCUT2D eigenvalue weighted by molar-refractivity contribution is 5.28. The molecule has 94 valence electrons. The van der Waals surface area contributed by atoms with Crippen LogP contribution in [-0.2, 0) is 13.0 Å². The van der Waals surface area contributed by atoms with Crippen molar-refractivity contribution in [3.05, 3.63) is 35.1 Å². The molecule has 1 aliphatic heterocycles. The first-order valence-corrected chi connectivity index (χ1v) is 6.42. The van der Waals surface area contributed by atoms with Gasteiger partial charge in [0, 0.05) is 37.8 Å². The predicted octanol–water partition coefficient (Wildman–Crippen LogP) is 2.18. The van der Waals surface area contributed by atoms with E-state index in [9.17, 15) is 4.39 Å². The van der Waals surface area contributed by atoms with Crippen molar-refractivity contribution >= 4 is 0 Å². The van der Waals surface area contributed by atoms with Gasteiger partial charge >= 0.3 is 0 Å². The summed E-state index contributed by atoms with van der Waals surface area (Å²) < 4.78 is 13.8. The quantitative estimate of drug-likeness (QED) is 0.865. The molecule has 0 radical (unpaired) electrons. The molecule has 1 aromatic carbocycles. The summed E-state index contributed by atoms with van der Waals surface area (Å²) in [6, 6.07) is 5.91. The fraction of sp³-hybridized carbons (Fsp3) is 0.571. The van der Waals surface area contributed by atoms with Gasteiger partial charge in [0.25, 0.3) is 0 Å². The largest absolute Gasteiger partial charge is 0.312 e. The highest BCUT2D eigenvalue weighted by Gasteiger charge is 2.18. The van der Waals surface area contributed by atoms with Crippen LogP contribution in [0.4, 0.5) is 4.39 Å². The summed E-state index contributed by atoms with van der Waals surface area (Å²) in [4.78, 5) is 2.33. The van der Waals surface area contributed by atoms with E-state index >= 15 is 0 Å². The van der Waals surface area contributed by atoms with Gasteiger partial charge < -0.3 is 5.32 Å². The van der Waals surface area contributed by atoms with Crippen molar-refractivity contribution in [2.24, 2.45) is 0 Å². The maximum absolute atomic E-state index is 13.8. The second-order valence-electron chi connectivity index (χ2n) is 4.82. The standard InChI is InChI=1S/C14H21FN2/c1-3-12-5-4-6-14(15)13(12)10-17-8-7-16-11(2)9-17/h4-6,11,16H,3,7-10H2,1-2H3/t11-/m1/s1. The fourth-order valence-corrected chi connectivity index (χ4v) is 2.49. The molecule has 0 aromatic heterocycles. The highest BCUT2D eigenvalue weighted by atomic mass is 19.1. The Morgan fingerprint density at radius 2 is 2.29 bits per heavy atom. The Labute approximate surface area is 103 Å². The summed E-state index contributed by atoms with van der Waals surface area (Å²) in [6.45, 7) is 7.99. The van der Waals surface area contributed by atoms with Gasteiger partial charge in [0.2, 0.25) is 0 Å². The zero-order valence-electron chi connectivity index (χ0n) is 10.7. The number of hydrogen-bond acceptors (Lipinski definition) is 2. The van der Waals surface area contributed by atoms with Crippen LogP contribution in [0.5, 0.6) is 0 Å². The second kappa shape index (κ2) is 5.61. The van der Waals surface area contributed by atoms with Crippen LogP contribution in [-0.4, -0.2) is 30.6 Å². The van der Waals surface area contributed by atoms with Gasteiger partial charge in [0.05, 0.1) is 0 Å². The molecule has 2 rings (SSSR count). The van der Waals surface area contributed by atoms with Crippen LogP contribution < -0.4 is 5.32 Å². The van der Waals surface area contributed by atoms with Crippen molar-refractivity contribution in [3.63, 3.8) is 0 Å². The highest BCUT2D eigenvalue weighted by Crippen LogP contribution is 2.17. The normalized spacial score (nSPS) is 21.7. The molecule has 17 heavy (non-hydrogen) atoms. The van der Waals surface area contributed by atoms with E-state index in [-0.39, 0.29) is 5.82 Å². The third-order valence-electron chi connectivity index (χ3n) is 3.43. The number of rotatable bonds is 3. The molecule has 0 spiro atoms. The summed E-state index contributed by atoms with van der Waals surface area (Å²) in [5.74, 6) is -0.0597. The Balaban J connectivity index is 2.12. The maximum Gasteiger partial charge on any atom is 0.127 e. The minimum absolute atomic E-state index is 0.0597. The smallest absolute Gasteiger partial charge is 0.127 e. The summed E-state index contributed by atoms with van der Waals surface area (Å²) in [5, 5.41) is 3.41. The Morgan fingerprint density at radius 3 is 3.00 bits per heavy atom. The molecule has 1 N–H and O–H groups in total. The summed E-state index contributed by atoms with van der Waals surface area (Å²) >= 11 is 0. The van der Waals surface area contributed by atoms with Gasteiger partial charge in [-0.25, -0.2) is 4.39 Å². The monoisotopic (exact) mass is 236 g/mol. The van der Waals surface area contributed by atoms with Crippen molar-refractivity contribution in [2.75, 3.05) is 19.6 Å². The SMILES string of the molecule is CCc1cccc(F)c1CN1CCN[C@H](C)C1. The van der Waals surface area contributed by atoms with Gasteiger partial charge in [0.1, 0.15) is 5.82 Å². The molecule has 0 bridgehead atoms. The van der Waals surface area contributed by atoms with Crippen molar-refractivity contribution in [2.45, 2.75) is 32.9 Å². The van der Waals surface area contributed by atoms with Gasteiger partial charge in [-0.1, -0.05) is 19.1 Å². The zero-order valence-corrected chi connectivity index (χ0v) is 10.7. The van der Waals surface area contributed by atoms with E-state index < -0.39 is 0 Å². The Morgan fingerprint density at radius 1 is 1.47 bits per heavy atom. The van der Waals surface area contributed by atoms with Crippen molar-refractivity contribution in [3.8, 4) is 0 Å². The van der Waals surface area contributed by atoms with Gasteiger partial charge in [-0.3, -0.25) is 4.90 Å². The molecule has 1 fully saturated rings. The number of benzene rings is 1. The number of aryl methyl sites for hydroxylation is 1. The van der Waals surface area contributed by atoms with Crippen LogP contribution in [0.15, 0.2) is 18.2 Å². The lowest BCUT2D eigenvalue weighted by molar-refractivity contribution is 0.197. The number of halogens is 1. The van der Waals surface area contributed by atoms with E-state index in [0.717, 1.165) is 43.7 Å². The van der Waals surface area contributed by atoms with Crippen molar-refractivity contribution < 1.29 is 4.39 Å². The summed E-state index contributed by atoms with van der Waals surface area (Å²) in [5.41, 5.74) is 2.01. The van der Waals surface area contributed by atoms with Crippen LogP contribution in [0.2, 0.25) is 0 Å². The number of hydrogen-bond donors (Lipinski definition) is 1. The Bertz CT molecular complexity index is 378. The molecule has 1 heterocycles. The molecule has 1 saturated heterocycles. The minimum Gasteiger partial charge on any atom is -0.312 e. The predicted molar refractivity (Wildman–Crippen MR) is 68.5 cm³/mol. The molecule has 3 heteroatoms. The van der Waals surface area contributed by atoms with Crippen molar-refractivity contribution in [1.29, 1.82) is 0 Å². The van der Waals surface area contributed by atoms with Crippen LogP contribution in [0.25, 0.3) is 0 Å². The summed E-state index contributed by atoms with van der Waals surface area (Å²) in [7, 11) is 0. The number of nitrogens with zero attached hydrogens (tertiary/aromatic N) is 1. The Hall–Kier alpha value is -0.930. The molecule has 0 unspecified atom stereocenters. The van der Waals surface area contributed by atoms with Crippen molar-refractivity contribution in [1.82, 2.24) is 10.2 Å².